The standard InChI is InChI=1S/C28H34FN7S2/c1-20-7-5-16-36(18-20)23-17-24(38-27-30-14-6-15-31-27)34-25(33-23)35-26(37)32-19-28(12-3-2-4-13-28)21-8-10-22(29)11-9-21/h6,8-11,14-15,17,20H,2-5,7,12-13,16,18-19H2,1H3,(H2,32,33,34,35,37)/t20-/m1/s1. The second kappa shape index (κ2) is 12.3. The van der Waals surface area contributed by atoms with Crippen LogP contribution in [0.2, 0.25) is 0 Å². The summed E-state index contributed by atoms with van der Waals surface area (Å²) in [5.74, 6) is 1.74. The van der Waals surface area contributed by atoms with Crippen LogP contribution in [-0.2, 0) is 5.41 Å². The first-order valence-corrected chi connectivity index (χ1v) is 14.6. The predicted molar refractivity (Wildman–Crippen MR) is 154 cm³/mol. The fourth-order valence-electron chi connectivity index (χ4n) is 5.51. The van der Waals surface area contributed by atoms with Gasteiger partial charge in [-0.05, 0) is 79.3 Å². The zero-order valence-electron chi connectivity index (χ0n) is 21.7. The van der Waals surface area contributed by atoms with Crippen LogP contribution in [0.3, 0.4) is 0 Å². The lowest BCUT2D eigenvalue weighted by atomic mass is 9.69. The van der Waals surface area contributed by atoms with Gasteiger partial charge in [-0.1, -0.05) is 38.3 Å². The van der Waals surface area contributed by atoms with Crippen LogP contribution in [0.25, 0.3) is 0 Å². The molecule has 2 aliphatic rings. The van der Waals surface area contributed by atoms with Crippen molar-refractivity contribution < 1.29 is 4.39 Å². The number of anilines is 2. The summed E-state index contributed by atoms with van der Waals surface area (Å²) in [6, 6.07) is 10.7. The van der Waals surface area contributed by atoms with Gasteiger partial charge >= 0.3 is 0 Å². The van der Waals surface area contributed by atoms with Gasteiger partial charge < -0.3 is 15.5 Å². The van der Waals surface area contributed by atoms with Crippen molar-refractivity contribution in [2.75, 3.05) is 29.9 Å². The summed E-state index contributed by atoms with van der Waals surface area (Å²) >= 11 is 7.12. The summed E-state index contributed by atoms with van der Waals surface area (Å²) < 4.78 is 13.6. The lowest BCUT2D eigenvalue weighted by Gasteiger charge is -2.38. The van der Waals surface area contributed by atoms with Crippen LogP contribution in [0, 0.1) is 11.7 Å². The van der Waals surface area contributed by atoms with E-state index in [1.54, 1.807) is 30.6 Å². The number of benzene rings is 1. The molecule has 3 heterocycles. The molecule has 0 unspecified atom stereocenters. The van der Waals surface area contributed by atoms with Gasteiger partial charge in [-0.3, -0.25) is 0 Å². The Morgan fingerprint density at radius 2 is 1.87 bits per heavy atom. The Hall–Kier alpha value is -2.85. The van der Waals surface area contributed by atoms with E-state index in [9.17, 15) is 4.39 Å². The minimum absolute atomic E-state index is 0.0734. The molecule has 0 amide bonds. The highest BCUT2D eigenvalue weighted by Gasteiger charge is 2.34. The quantitative estimate of drug-likeness (QED) is 0.209. The van der Waals surface area contributed by atoms with Crippen LogP contribution in [0.5, 0.6) is 0 Å². The van der Waals surface area contributed by atoms with Crippen molar-refractivity contribution in [1.82, 2.24) is 25.3 Å². The van der Waals surface area contributed by atoms with E-state index in [4.69, 9.17) is 22.2 Å². The van der Waals surface area contributed by atoms with Gasteiger partial charge in [0.1, 0.15) is 16.7 Å². The van der Waals surface area contributed by atoms with Crippen LogP contribution < -0.4 is 15.5 Å². The Morgan fingerprint density at radius 1 is 1.11 bits per heavy atom. The monoisotopic (exact) mass is 551 g/mol. The molecular weight excluding hydrogens is 517 g/mol. The van der Waals surface area contributed by atoms with Crippen LogP contribution >= 0.6 is 24.0 Å². The maximum absolute atomic E-state index is 13.6. The van der Waals surface area contributed by atoms with E-state index in [2.05, 4.69) is 32.4 Å². The number of hydrogen-bond acceptors (Lipinski definition) is 7. The van der Waals surface area contributed by atoms with Gasteiger partial charge in [-0.2, -0.15) is 4.98 Å². The summed E-state index contributed by atoms with van der Waals surface area (Å²) in [5.41, 5.74) is 1.09. The molecule has 1 saturated carbocycles. The highest BCUT2D eigenvalue weighted by Crippen LogP contribution is 2.39. The van der Waals surface area contributed by atoms with Crippen LogP contribution in [0.4, 0.5) is 16.2 Å². The molecule has 10 heteroatoms. The molecule has 1 aliphatic heterocycles. The third-order valence-corrected chi connectivity index (χ3v) is 8.55. The summed E-state index contributed by atoms with van der Waals surface area (Å²) in [6.07, 6.45) is 11.5. The number of halogens is 1. The lowest BCUT2D eigenvalue weighted by molar-refractivity contribution is 0.292. The van der Waals surface area contributed by atoms with E-state index in [0.717, 1.165) is 61.6 Å². The smallest absolute Gasteiger partial charge is 0.232 e. The van der Waals surface area contributed by atoms with Gasteiger partial charge in [0.2, 0.25) is 5.95 Å². The SMILES string of the molecule is C[C@@H]1CCCN(c2cc(Sc3ncccn3)nc(NC(=S)NCC3(c4ccc(F)cc4)CCCCC3)n2)C1. The number of hydrogen-bond donors (Lipinski definition) is 2. The summed E-state index contributed by atoms with van der Waals surface area (Å²) in [4.78, 5) is 20.6. The fourth-order valence-corrected chi connectivity index (χ4v) is 6.38. The molecule has 1 aromatic carbocycles. The number of nitrogens with one attached hydrogen (secondary N) is 2. The van der Waals surface area contributed by atoms with Gasteiger partial charge in [0.15, 0.2) is 10.3 Å². The van der Waals surface area contributed by atoms with E-state index in [1.807, 2.05) is 18.2 Å². The Morgan fingerprint density at radius 3 is 2.61 bits per heavy atom. The number of thiocarbonyl (C=S) groups is 1. The third-order valence-electron chi connectivity index (χ3n) is 7.49. The predicted octanol–water partition coefficient (Wildman–Crippen LogP) is 5.98. The minimum atomic E-state index is -0.209. The first kappa shape index (κ1) is 26.7. The molecule has 5 rings (SSSR count). The zero-order chi connectivity index (χ0) is 26.4. The number of nitrogens with zero attached hydrogens (tertiary/aromatic N) is 5. The van der Waals surface area contributed by atoms with E-state index < -0.39 is 0 Å². The molecule has 0 spiro atoms. The number of aromatic nitrogens is 4. The first-order valence-electron chi connectivity index (χ1n) is 13.4. The van der Waals surface area contributed by atoms with Crippen LogP contribution in [-0.4, -0.2) is 44.7 Å². The van der Waals surface area contributed by atoms with Crippen molar-refractivity contribution in [3.05, 3.63) is 60.2 Å². The van der Waals surface area contributed by atoms with Crippen molar-refractivity contribution in [3.8, 4) is 0 Å². The molecule has 1 atom stereocenters. The van der Waals surface area contributed by atoms with Crippen molar-refractivity contribution in [2.24, 2.45) is 5.92 Å². The van der Waals surface area contributed by atoms with Gasteiger partial charge in [-0.25, -0.2) is 19.3 Å². The van der Waals surface area contributed by atoms with Crippen LogP contribution in [0.1, 0.15) is 57.4 Å². The first-order chi connectivity index (χ1) is 18.5. The Bertz CT molecular complexity index is 1220. The molecule has 3 aromatic rings. The van der Waals surface area contributed by atoms with E-state index >= 15 is 0 Å². The second-order valence-electron chi connectivity index (χ2n) is 10.4. The number of rotatable bonds is 7. The van der Waals surface area contributed by atoms with Crippen molar-refractivity contribution in [3.63, 3.8) is 0 Å². The highest BCUT2D eigenvalue weighted by molar-refractivity contribution is 7.99. The minimum Gasteiger partial charge on any atom is -0.361 e. The van der Waals surface area contributed by atoms with Crippen molar-refractivity contribution in [2.45, 2.75) is 67.5 Å². The summed E-state index contributed by atoms with van der Waals surface area (Å²) in [5, 5.41) is 8.54. The molecule has 0 radical (unpaired) electrons. The molecule has 1 saturated heterocycles. The van der Waals surface area contributed by atoms with Crippen molar-refractivity contribution >= 4 is 40.9 Å². The topological polar surface area (TPSA) is 78.9 Å². The highest BCUT2D eigenvalue weighted by atomic mass is 32.2. The Balaban J connectivity index is 1.33. The van der Waals surface area contributed by atoms with Gasteiger partial charge in [0.05, 0.1) is 0 Å². The third kappa shape index (κ3) is 6.77. The average Bonchev–Trinajstić information content (AvgIpc) is 2.93. The molecule has 1 aliphatic carbocycles. The lowest BCUT2D eigenvalue weighted by Crippen LogP contribution is -2.43. The van der Waals surface area contributed by atoms with Gasteiger partial charge in [-0.15, -0.1) is 0 Å². The maximum atomic E-state index is 13.6. The summed E-state index contributed by atoms with van der Waals surface area (Å²) in [7, 11) is 0. The molecule has 38 heavy (non-hydrogen) atoms. The van der Waals surface area contributed by atoms with E-state index in [1.165, 1.54) is 24.6 Å². The zero-order valence-corrected chi connectivity index (χ0v) is 23.3. The Kier molecular flexibility index (Phi) is 8.68. The van der Waals surface area contributed by atoms with Crippen LogP contribution in [0.15, 0.2) is 59.0 Å². The van der Waals surface area contributed by atoms with E-state index in [0.29, 0.717) is 28.7 Å². The molecule has 7 nitrogen and oxygen atoms in total. The fraction of sp³-hybridized carbons (Fsp3) is 0.464. The second-order valence-corrected chi connectivity index (χ2v) is 11.8. The normalized spacial score (nSPS) is 19.1. The molecular formula is C28H34FN7S2. The van der Waals surface area contributed by atoms with E-state index in [-0.39, 0.29) is 11.2 Å². The summed E-state index contributed by atoms with van der Waals surface area (Å²) in [6.45, 7) is 4.88. The van der Waals surface area contributed by atoms with Crippen molar-refractivity contribution in [1.29, 1.82) is 0 Å². The molecule has 2 aromatic heterocycles. The average molecular weight is 552 g/mol. The Labute approximate surface area is 233 Å². The molecule has 2 N–H and O–H groups in total. The largest absolute Gasteiger partial charge is 0.361 e. The maximum Gasteiger partial charge on any atom is 0.232 e. The number of piperidine rings is 1. The molecule has 0 bridgehead atoms. The van der Waals surface area contributed by atoms with Gasteiger partial charge in [0, 0.05) is 43.5 Å². The molecule has 2 fully saturated rings. The van der Waals surface area contributed by atoms with Gasteiger partial charge in [0.25, 0.3) is 0 Å². The molecule has 200 valence electrons.